The van der Waals surface area contributed by atoms with Crippen LogP contribution >= 0.6 is 11.3 Å². The lowest BCUT2D eigenvalue weighted by atomic mass is 9.98. The molecule has 0 saturated heterocycles. The van der Waals surface area contributed by atoms with Crippen LogP contribution in [-0.4, -0.2) is 20.9 Å². The third-order valence-corrected chi connectivity index (χ3v) is 6.50. The molecule has 1 N–H and O–H groups in total. The number of carbonyl (C=O) groups excluding carboxylic acids is 1. The maximum atomic E-state index is 12.9. The molecule has 148 valence electrons. The van der Waals surface area contributed by atoms with Crippen molar-refractivity contribution in [2.24, 2.45) is 0 Å². The lowest BCUT2D eigenvalue weighted by molar-refractivity contribution is 0.102. The van der Waals surface area contributed by atoms with E-state index >= 15 is 0 Å². The standard InChI is InChI=1S/C24H20N4OS/c1-15-13-26-11-9-20(15)27-23(29)24-28-21-6-2-4-16-7-8-17(12-19(16)22(21)30-24)18-5-3-10-25-14-18/h3,5,7-14H,2,4,6H2,1H3,(H,26,27,29). The zero-order valence-corrected chi connectivity index (χ0v) is 17.4. The first kappa shape index (κ1) is 18.6. The number of nitrogens with one attached hydrogen (secondary N) is 1. The predicted molar refractivity (Wildman–Crippen MR) is 120 cm³/mol. The highest BCUT2D eigenvalue weighted by atomic mass is 32.1. The fourth-order valence-corrected chi connectivity index (χ4v) is 4.84. The Hall–Kier alpha value is -3.38. The summed E-state index contributed by atoms with van der Waals surface area (Å²) in [6.45, 7) is 1.93. The summed E-state index contributed by atoms with van der Waals surface area (Å²) in [7, 11) is 0. The van der Waals surface area contributed by atoms with Gasteiger partial charge in [-0.15, -0.1) is 11.3 Å². The Kier molecular flexibility index (Phi) is 4.85. The molecule has 1 aromatic carbocycles. The number of thiazole rings is 1. The van der Waals surface area contributed by atoms with Crippen molar-refractivity contribution >= 4 is 22.9 Å². The number of rotatable bonds is 3. The number of amides is 1. The lowest BCUT2D eigenvalue weighted by Crippen LogP contribution is -2.12. The molecule has 0 atom stereocenters. The third-order valence-electron chi connectivity index (χ3n) is 5.37. The molecule has 6 heteroatoms. The molecule has 0 saturated carbocycles. The van der Waals surface area contributed by atoms with Gasteiger partial charge in [0.15, 0.2) is 5.01 Å². The summed E-state index contributed by atoms with van der Waals surface area (Å²) >= 11 is 1.47. The molecule has 5 rings (SSSR count). The smallest absolute Gasteiger partial charge is 0.284 e. The lowest BCUT2D eigenvalue weighted by Gasteiger charge is -2.09. The maximum Gasteiger partial charge on any atom is 0.284 e. The molecule has 5 nitrogen and oxygen atoms in total. The quantitative estimate of drug-likeness (QED) is 0.495. The van der Waals surface area contributed by atoms with Crippen LogP contribution in [0.5, 0.6) is 0 Å². The van der Waals surface area contributed by atoms with Gasteiger partial charge in [-0.25, -0.2) is 4.98 Å². The van der Waals surface area contributed by atoms with Crippen LogP contribution in [0.25, 0.3) is 21.6 Å². The van der Waals surface area contributed by atoms with Gasteiger partial charge in [-0.1, -0.05) is 18.2 Å². The predicted octanol–water partition coefficient (Wildman–Crippen LogP) is 5.32. The highest BCUT2D eigenvalue weighted by Crippen LogP contribution is 2.39. The second kappa shape index (κ2) is 7.80. The Morgan fingerprint density at radius 2 is 1.93 bits per heavy atom. The van der Waals surface area contributed by atoms with Crippen molar-refractivity contribution in [1.82, 2.24) is 15.0 Å². The van der Waals surface area contributed by atoms with Crippen molar-refractivity contribution in [1.29, 1.82) is 0 Å². The summed E-state index contributed by atoms with van der Waals surface area (Å²) in [6, 6.07) is 12.4. The van der Waals surface area contributed by atoms with Crippen molar-refractivity contribution in [3.8, 4) is 21.6 Å². The molecule has 3 heterocycles. The maximum absolute atomic E-state index is 12.9. The molecule has 1 aliphatic carbocycles. The van der Waals surface area contributed by atoms with E-state index in [1.807, 2.05) is 19.2 Å². The summed E-state index contributed by atoms with van der Waals surface area (Å²) in [6.07, 6.45) is 10.00. The van der Waals surface area contributed by atoms with Crippen molar-refractivity contribution in [3.05, 3.63) is 83.0 Å². The summed E-state index contributed by atoms with van der Waals surface area (Å²) in [5, 5.41) is 3.47. The van der Waals surface area contributed by atoms with E-state index in [9.17, 15) is 4.79 Å². The van der Waals surface area contributed by atoms with Crippen LogP contribution in [-0.2, 0) is 12.8 Å². The molecule has 30 heavy (non-hydrogen) atoms. The molecule has 0 aliphatic heterocycles. The van der Waals surface area contributed by atoms with Gasteiger partial charge in [-0.2, -0.15) is 0 Å². The fraction of sp³-hybridized carbons (Fsp3) is 0.167. The Morgan fingerprint density at radius 1 is 1.03 bits per heavy atom. The number of pyridine rings is 2. The van der Waals surface area contributed by atoms with Crippen molar-refractivity contribution < 1.29 is 4.79 Å². The average Bonchev–Trinajstić information content (AvgIpc) is 3.13. The Balaban J connectivity index is 1.52. The van der Waals surface area contributed by atoms with E-state index < -0.39 is 0 Å². The molecule has 0 fully saturated rings. The Bertz CT molecular complexity index is 1230. The van der Waals surface area contributed by atoms with Crippen molar-refractivity contribution in [3.63, 3.8) is 0 Å². The van der Waals surface area contributed by atoms with Gasteiger partial charge in [0.2, 0.25) is 0 Å². The zero-order valence-electron chi connectivity index (χ0n) is 16.6. The van der Waals surface area contributed by atoms with Gasteiger partial charge in [0, 0.05) is 36.0 Å². The first-order chi connectivity index (χ1) is 14.7. The van der Waals surface area contributed by atoms with E-state index in [4.69, 9.17) is 4.98 Å². The molecule has 0 unspecified atom stereocenters. The van der Waals surface area contributed by atoms with Crippen LogP contribution in [0.3, 0.4) is 0 Å². The number of aryl methyl sites for hydroxylation is 3. The molecule has 0 radical (unpaired) electrons. The molecule has 1 aliphatic rings. The van der Waals surface area contributed by atoms with Crippen LogP contribution in [0, 0.1) is 6.92 Å². The van der Waals surface area contributed by atoms with Crippen LogP contribution in [0.4, 0.5) is 5.69 Å². The Morgan fingerprint density at radius 3 is 2.77 bits per heavy atom. The van der Waals surface area contributed by atoms with E-state index in [2.05, 4.69) is 39.6 Å². The van der Waals surface area contributed by atoms with E-state index in [0.717, 1.165) is 52.2 Å². The number of anilines is 1. The summed E-state index contributed by atoms with van der Waals surface area (Å²) < 4.78 is 0. The van der Waals surface area contributed by atoms with E-state index in [1.54, 1.807) is 24.7 Å². The molecular weight excluding hydrogens is 392 g/mol. The Labute approximate surface area is 178 Å². The summed E-state index contributed by atoms with van der Waals surface area (Å²) in [4.78, 5) is 27.0. The highest BCUT2D eigenvalue weighted by molar-refractivity contribution is 7.17. The number of carbonyl (C=O) groups is 1. The minimum atomic E-state index is -0.174. The zero-order chi connectivity index (χ0) is 20.5. The SMILES string of the molecule is Cc1cnccc1NC(=O)c1nc2c(s1)-c1cc(-c3cccnc3)ccc1CCC2. The summed E-state index contributed by atoms with van der Waals surface area (Å²) in [5.74, 6) is -0.174. The number of fused-ring (bicyclic) bond motifs is 3. The van der Waals surface area contributed by atoms with E-state index in [-0.39, 0.29) is 5.91 Å². The minimum absolute atomic E-state index is 0.174. The monoisotopic (exact) mass is 412 g/mol. The third kappa shape index (κ3) is 3.50. The van der Waals surface area contributed by atoms with E-state index in [0.29, 0.717) is 5.01 Å². The second-order valence-corrected chi connectivity index (χ2v) is 8.41. The van der Waals surface area contributed by atoms with Gasteiger partial charge in [-0.3, -0.25) is 14.8 Å². The van der Waals surface area contributed by atoms with Crippen molar-refractivity contribution in [2.45, 2.75) is 26.2 Å². The minimum Gasteiger partial charge on any atom is -0.320 e. The van der Waals surface area contributed by atoms with Gasteiger partial charge < -0.3 is 5.32 Å². The van der Waals surface area contributed by atoms with Gasteiger partial charge in [0.05, 0.1) is 10.6 Å². The van der Waals surface area contributed by atoms with Gasteiger partial charge in [0.25, 0.3) is 5.91 Å². The first-order valence-corrected chi connectivity index (χ1v) is 10.8. The van der Waals surface area contributed by atoms with Gasteiger partial charge in [-0.05, 0) is 66.6 Å². The fourth-order valence-electron chi connectivity index (χ4n) is 3.78. The molecular formula is C24H20N4OS. The van der Waals surface area contributed by atoms with Crippen LogP contribution < -0.4 is 5.32 Å². The normalized spacial score (nSPS) is 12.6. The second-order valence-electron chi connectivity index (χ2n) is 7.41. The van der Waals surface area contributed by atoms with Crippen LogP contribution in [0.15, 0.2) is 61.2 Å². The molecule has 3 aromatic heterocycles. The van der Waals surface area contributed by atoms with Gasteiger partial charge in [0.1, 0.15) is 0 Å². The number of hydrogen-bond donors (Lipinski definition) is 1. The summed E-state index contributed by atoms with van der Waals surface area (Å²) in [5.41, 5.74) is 7.40. The number of aromatic nitrogens is 3. The molecule has 0 spiro atoms. The first-order valence-electron chi connectivity index (χ1n) is 9.94. The topological polar surface area (TPSA) is 67.8 Å². The molecule has 4 aromatic rings. The number of hydrogen-bond acceptors (Lipinski definition) is 5. The molecule has 1 amide bonds. The molecule has 0 bridgehead atoms. The van der Waals surface area contributed by atoms with E-state index in [1.165, 1.54) is 22.5 Å². The largest absolute Gasteiger partial charge is 0.320 e. The average molecular weight is 413 g/mol. The van der Waals surface area contributed by atoms with Gasteiger partial charge >= 0.3 is 0 Å². The number of nitrogens with zero attached hydrogens (tertiary/aromatic N) is 3. The highest BCUT2D eigenvalue weighted by Gasteiger charge is 2.23. The number of benzene rings is 1. The van der Waals surface area contributed by atoms with Crippen LogP contribution in [0.1, 0.15) is 33.0 Å². The van der Waals surface area contributed by atoms with Crippen molar-refractivity contribution in [2.75, 3.05) is 5.32 Å². The van der Waals surface area contributed by atoms with Crippen LogP contribution in [0.2, 0.25) is 0 Å².